The second-order valence-corrected chi connectivity index (χ2v) is 7.13. The van der Waals surface area contributed by atoms with Crippen LogP contribution in [0, 0.1) is 6.92 Å². The molecule has 1 atom stereocenters. The molecule has 7 heteroatoms. The maximum Gasteiger partial charge on any atom is 0.257 e. The van der Waals surface area contributed by atoms with Gasteiger partial charge in [-0.3, -0.25) is 9.48 Å². The highest BCUT2D eigenvalue weighted by Crippen LogP contribution is 2.43. The van der Waals surface area contributed by atoms with Crippen LogP contribution < -0.4 is 4.74 Å². The van der Waals surface area contributed by atoms with Crippen LogP contribution in [0.3, 0.4) is 0 Å². The predicted octanol–water partition coefficient (Wildman–Crippen LogP) is 2.33. The van der Waals surface area contributed by atoms with E-state index >= 15 is 0 Å². The zero-order valence-electron chi connectivity index (χ0n) is 15.3. The third kappa shape index (κ3) is 2.53. The van der Waals surface area contributed by atoms with E-state index in [1.165, 1.54) is 0 Å². The Morgan fingerprint density at radius 3 is 2.68 bits per heavy atom. The lowest BCUT2D eigenvalue weighted by Gasteiger charge is -2.25. The Morgan fingerprint density at radius 2 is 2.00 bits per heavy atom. The molecule has 0 radical (unpaired) electrons. The largest absolute Gasteiger partial charge is 0.481 e. The zero-order chi connectivity index (χ0) is 17.7. The van der Waals surface area contributed by atoms with Crippen molar-refractivity contribution in [1.82, 2.24) is 24.5 Å². The molecule has 2 aromatic heterocycles. The number of likely N-dealkylation sites (tertiary alicyclic amines) is 1. The third-order valence-electron chi connectivity index (χ3n) is 5.43. The van der Waals surface area contributed by atoms with E-state index in [1.54, 1.807) is 18.0 Å². The van der Waals surface area contributed by atoms with E-state index in [0.29, 0.717) is 5.92 Å². The van der Waals surface area contributed by atoms with Crippen molar-refractivity contribution in [3.63, 3.8) is 0 Å². The summed E-state index contributed by atoms with van der Waals surface area (Å²) in [5, 5.41) is 8.84. The quantitative estimate of drug-likeness (QED) is 0.855. The Hall–Kier alpha value is -2.31. The van der Waals surface area contributed by atoms with E-state index in [0.717, 1.165) is 60.6 Å². The molecule has 4 rings (SSSR count). The van der Waals surface area contributed by atoms with Gasteiger partial charge in [-0.25, -0.2) is 4.68 Å². The first kappa shape index (κ1) is 16.2. The Balaban J connectivity index is 1.70. The van der Waals surface area contributed by atoms with Crippen LogP contribution in [0.2, 0.25) is 0 Å². The van der Waals surface area contributed by atoms with Crippen molar-refractivity contribution in [1.29, 1.82) is 0 Å². The van der Waals surface area contributed by atoms with Crippen LogP contribution in [0.1, 0.15) is 65.0 Å². The molecule has 0 aromatic carbocycles. The Bertz CT molecular complexity index is 818. The molecule has 1 aliphatic carbocycles. The van der Waals surface area contributed by atoms with Crippen molar-refractivity contribution < 1.29 is 9.53 Å². The van der Waals surface area contributed by atoms with Crippen molar-refractivity contribution >= 4 is 5.91 Å². The first-order chi connectivity index (χ1) is 12.0. The normalized spacial score (nSPS) is 20.3. The van der Waals surface area contributed by atoms with Crippen molar-refractivity contribution in [3.8, 4) is 5.88 Å². The van der Waals surface area contributed by atoms with Gasteiger partial charge in [0, 0.05) is 26.6 Å². The van der Waals surface area contributed by atoms with E-state index in [4.69, 9.17) is 4.74 Å². The number of hydrogen-bond donors (Lipinski definition) is 0. The lowest BCUT2D eigenvalue weighted by molar-refractivity contribution is 0.0732. The van der Waals surface area contributed by atoms with Gasteiger partial charge in [0.1, 0.15) is 0 Å². The second kappa shape index (κ2) is 5.89. The fourth-order valence-electron chi connectivity index (χ4n) is 4.20. The summed E-state index contributed by atoms with van der Waals surface area (Å²) in [6, 6.07) is 0.0170. The minimum Gasteiger partial charge on any atom is -0.481 e. The van der Waals surface area contributed by atoms with Crippen LogP contribution in [0.4, 0.5) is 0 Å². The molecule has 25 heavy (non-hydrogen) atoms. The van der Waals surface area contributed by atoms with Crippen molar-refractivity contribution in [2.75, 3.05) is 13.7 Å². The molecule has 0 spiro atoms. The number of methoxy groups -OCH3 is 1. The van der Waals surface area contributed by atoms with Crippen molar-refractivity contribution in [3.05, 3.63) is 28.7 Å². The van der Waals surface area contributed by atoms with Gasteiger partial charge in [0.2, 0.25) is 5.88 Å². The lowest BCUT2D eigenvalue weighted by Crippen LogP contribution is -2.31. The summed E-state index contributed by atoms with van der Waals surface area (Å²) in [4.78, 5) is 15.3. The van der Waals surface area contributed by atoms with Crippen LogP contribution >= 0.6 is 0 Å². The molecule has 7 nitrogen and oxygen atoms in total. The summed E-state index contributed by atoms with van der Waals surface area (Å²) < 4.78 is 9.19. The van der Waals surface area contributed by atoms with Crippen molar-refractivity contribution in [2.45, 2.75) is 44.6 Å². The summed E-state index contributed by atoms with van der Waals surface area (Å²) >= 11 is 0. The van der Waals surface area contributed by atoms with Crippen LogP contribution in [-0.2, 0) is 14.1 Å². The molecule has 0 bridgehead atoms. The van der Waals surface area contributed by atoms with Gasteiger partial charge in [-0.1, -0.05) is 0 Å². The molecule has 0 unspecified atom stereocenters. The molecule has 1 saturated carbocycles. The zero-order valence-corrected chi connectivity index (χ0v) is 15.3. The van der Waals surface area contributed by atoms with Gasteiger partial charge in [-0.05, 0) is 32.6 Å². The molecule has 1 saturated heterocycles. The average Bonchev–Trinajstić information content (AvgIpc) is 3.05. The molecule has 134 valence electrons. The standard InChI is InChI=1S/C18H25N5O2/c1-11-15(18(25-4)22(3)20-11)14-6-5-9-23(14)17(24)13-10-19-21(2)16(13)12-7-8-12/h10,12,14H,5-9H2,1-4H3/t14-/m1/s1. The predicted molar refractivity (Wildman–Crippen MR) is 92.7 cm³/mol. The molecule has 2 aliphatic rings. The molecule has 0 N–H and O–H groups in total. The molecule has 1 amide bonds. The Morgan fingerprint density at radius 1 is 1.24 bits per heavy atom. The fraction of sp³-hybridized carbons (Fsp3) is 0.611. The van der Waals surface area contributed by atoms with Crippen LogP contribution in [0.15, 0.2) is 6.20 Å². The van der Waals surface area contributed by atoms with Crippen LogP contribution in [-0.4, -0.2) is 44.0 Å². The van der Waals surface area contributed by atoms with Crippen molar-refractivity contribution in [2.24, 2.45) is 14.1 Å². The summed E-state index contributed by atoms with van der Waals surface area (Å²) in [5.74, 6) is 1.32. The first-order valence-corrected chi connectivity index (χ1v) is 8.93. The fourth-order valence-corrected chi connectivity index (χ4v) is 4.20. The van der Waals surface area contributed by atoms with Gasteiger partial charge >= 0.3 is 0 Å². The number of amides is 1. The number of aromatic nitrogens is 4. The number of rotatable bonds is 4. The number of nitrogens with zero attached hydrogens (tertiary/aromatic N) is 5. The molecular formula is C18H25N5O2. The van der Waals surface area contributed by atoms with E-state index < -0.39 is 0 Å². The number of hydrogen-bond acceptors (Lipinski definition) is 4. The van der Waals surface area contributed by atoms with Crippen LogP contribution in [0.25, 0.3) is 0 Å². The minimum atomic E-state index is 0.0170. The third-order valence-corrected chi connectivity index (χ3v) is 5.43. The SMILES string of the molecule is COc1c([C@H]2CCCN2C(=O)c2cnn(C)c2C2CC2)c(C)nn1C. The smallest absolute Gasteiger partial charge is 0.257 e. The van der Waals surface area contributed by atoms with Gasteiger partial charge in [0.25, 0.3) is 5.91 Å². The van der Waals surface area contributed by atoms with Gasteiger partial charge in [-0.2, -0.15) is 10.2 Å². The van der Waals surface area contributed by atoms with Crippen LogP contribution in [0.5, 0.6) is 5.88 Å². The summed E-state index contributed by atoms with van der Waals surface area (Å²) in [7, 11) is 5.47. The minimum absolute atomic E-state index is 0.0170. The Labute approximate surface area is 147 Å². The summed E-state index contributed by atoms with van der Waals surface area (Å²) in [5.41, 5.74) is 3.81. The van der Waals surface area contributed by atoms with E-state index in [2.05, 4.69) is 10.2 Å². The van der Waals surface area contributed by atoms with E-state index in [-0.39, 0.29) is 11.9 Å². The maximum atomic E-state index is 13.3. The number of ether oxygens (including phenoxy) is 1. The highest BCUT2D eigenvalue weighted by atomic mass is 16.5. The lowest BCUT2D eigenvalue weighted by atomic mass is 10.0. The van der Waals surface area contributed by atoms with Gasteiger partial charge in [0.05, 0.1) is 41.9 Å². The number of carbonyl (C=O) groups is 1. The molecule has 2 fully saturated rings. The first-order valence-electron chi connectivity index (χ1n) is 8.93. The summed E-state index contributed by atoms with van der Waals surface area (Å²) in [6.07, 6.45) is 5.97. The van der Waals surface area contributed by atoms with Gasteiger partial charge in [-0.15, -0.1) is 0 Å². The molecule has 3 heterocycles. The highest BCUT2D eigenvalue weighted by Gasteiger charge is 2.38. The van der Waals surface area contributed by atoms with Gasteiger partial charge in [0.15, 0.2) is 0 Å². The highest BCUT2D eigenvalue weighted by molar-refractivity contribution is 5.96. The monoisotopic (exact) mass is 343 g/mol. The average molecular weight is 343 g/mol. The van der Waals surface area contributed by atoms with Gasteiger partial charge < -0.3 is 9.64 Å². The topological polar surface area (TPSA) is 65.2 Å². The van der Waals surface area contributed by atoms with E-state index in [1.807, 2.05) is 30.6 Å². The number of aryl methyl sites for hydroxylation is 3. The Kier molecular flexibility index (Phi) is 3.81. The maximum absolute atomic E-state index is 13.3. The number of carbonyl (C=O) groups excluding carboxylic acids is 1. The molecular weight excluding hydrogens is 318 g/mol. The second-order valence-electron chi connectivity index (χ2n) is 7.13. The molecule has 1 aliphatic heterocycles. The molecule has 2 aromatic rings. The summed E-state index contributed by atoms with van der Waals surface area (Å²) in [6.45, 7) is 2.75. The van der Waals surface area contributed by atoms with E-state index in [9.17, 15) is 4.79 Å².